The third kappa shape index (κ3) is 5.31. The first-order chi connectivity index (χ1) is 12.5. The summed E-state index contributed by atoms with van der Waals surface area (Å²) in [4.78, 5) is 24.5. The molecule has 0 saturated heterocycles. The van der Waals surface area contributed by atoms with Crippen molar-refractivity contribution in [2.24, 2.45) is 17.8 Å². The summed E-state index contributed by atoms with van der Waals surface area (Å²) in [6.07, 6.45) is 10.5. The van der Waals surface area contributed by atoms with Crippen LogP contribution in [0.2, 0.25) is 0 Å². The van der Waals surface area contributed by atoms with Crippen molar-refractivity contribution in [3.63, 3.8) is 0 Å². The van der Waals surface area contributed by atoms with Gasteiger partial charge in [-0.2, -0.15) is 0 Å². The Morgan fingerprint density at radius 3 is 2.54 bits per heavy atom. The van der Waals surface area contributed by atoms with Crippen LogP contribution in [0.5, 0.6) is 0 Å². The fourth-order valence-electron chi connectivity index (χ4n) is 4.42. The number of carbonyl (C=O) groups excluding carboxylic acids is 2. The maximum Gasteiger partial charge on any atom is 0.333 e. The zero-order valence-electron chi connectivity index (χ0n) is 16.9. The molecular weight excluding hydrogens is 324 g/mol. The molecule has 2 rings (SSSR count). The topological polar surface area (TPSA) is 43.4 Å². The molecule has 3 atom stereocenters. The molecular formula is C23H36O3. The van der Waals surface area contributed by atoms with Gasteiger partial charge in [-0.3, -0.25) is 4.79 Å². The van der Waals surface area contributed by atoms with Gasteiger partial charge in [-0.05, 0) is 55.9 Å². The minimum absolute atomic E-state index is 0.121. The van der Waals surface area contributed by atoms with E-state index in [1.54, 1.807) is 0 Å². The lowest BCUT2D eigenvalue weighted by atomic mass is 9.86. The summed E-state index contributed by atoms with van der Waals surface area (Å²) in [6, 6.07) is 0. The van der Waals surface area contributed by atoms with Crippen LogP contribution in [0.3, 0.4) is 0 Å². The number of rotatable bonds is 9. The molecule has 26 heavy (non-hydrogen) atoms. The van der Waals surface area contributed by atoms with Crippen molar-refractivity contribution in [1.29, 1.82) is 0 Å². The largest absolute Gasteiger partial charge is 0.462 e. The van der Waals surface area contributed by atoms with Crippen LogP contribution in [0.1, 0.15) is 85.0 Å². The molecule has 0 bridgehead atoms. The van der Waals surface area contributed by atoms with E-state index in [1.807, 2.05) is 6.92 Å². The predicted molar refractivity (Wildman–Crippen MR) is 106 cm³/mol. The Labute approximate surface area is 159 Å². The van der Waals surface area contributed by atoms with Crippen LogP contribution < -0.4 is 0 Å². The van der Waals surface area contributed by atoms with E-state index in [2.05, 4.69) is 20.4 Å². The maximum absolute atomic E-state index is 12.4. The highest BCUT2D eigenvalue weighted by atomic mass is 16.5. The standard InChI is InChI=1S/C23H36O3/c1-5-6-7-8-9-10-13-26-23(25)17(3)19-12-11-16(2)20-15-22(24)18(4)21(20)14-19/h16,19-20H,3,5-15H2,1-2,4H3/t16?,19-,20?/m0/s1. The quantitative estimate of drug-likeness (QED) is 0.297. The molecule has 0 heterocycles. The van der Waals surface area contributed by atoms with Crippen LogP contribution in [0, 0.1) is 17.8 Å². The second-order valence-electron chi connectivity index (χ2n) is 8.27. The molecule has 3 nitrogen and oxygen atoms in total. The Balaban J connectivity index is 1.82. The second-order valence-corrected chi connectivity index (χ2v) is 8.27. The van der Waals surface area contributed by atoms with Crippen LogP contribution in [0.4, 0.5) is 0 Å². The van der Waals surface area contributed by atoms with Crippen LogP contribution in [-0.2, 0) is 14.3 Å². The number of ether oxygens (including phenoxy) is 1. The van der Waals surface area contributed by atoms with E-state index in [-0.39, 0.29) is 17.7 Å². The van der Waals surface area contributed by atoms with Crippen molar-refractivity contribution < 1.29 is 14.3 Å². The summed E-state index contributed by atoms with van der Waals surface area (Å²) >= 11 is 0. The number of hydrogen-bond donors (Lipinski definition) is 0. The normalized spacial score (nSPS) is 25.8. The average molecular weight is 361 g/mol. The Kier molecular flexibility index (Phi) is 8.12. The first-order valence-corrected chi connectivity index (χ1v) is 10.5. The Bertz CT molecular complexity index is 558. The summed E-state index contributed by atoms with van der Waals surface area (Å²) in [7, 11) is 0. The molecule has 2 aliphatic rings. The number of Topliss-reactive ketones (excluding diaryl/α,β-unsaturated/α-hetero) is 1. The molecule has 0 amide bonds. The molecule has 0 aliphatic heterocycles. The zero-order valence-corrected chi connectivity index (χ0v) is 16.9. The molecule has 0 spiro atoms. The van der Waals surface area contributed by atoms with Gasteiger partial charge in [-0.1, -0.05) is 58.1 Å². The number of hydrogen-bond acceptors (Lipinski definition) is 3. The fourth-order valence-corrected chi connectivity index (χ4v) is 4.42. The van der Waals surface area contributed by atoms with Crippen molar-refractivity contribution in [2.75, 3.05) is 6.61 Å². The van der Waals surface area contributed by atoms with Gasteiger partial charge in [-0.25, -0.2) is 4.79 Å². The van der Waals surface area contributed by atoms with Gasteiger partial charge in [0.2, 0.25) is 0 Å². The molecule has 2 unspecified atom stereocenters. The van der Waals surface area contributed by atoms with E-state index in [4.69, 9.17) is 4.74 Å². The minimum atomic E-state index is -0.239. The lowest BCUT2D eigenvalue weighted by Gasteiger charge is -2.19. The van der Waals surface area contributed by atoms with E-state index < -0.39 is 0 Å². The monoisotopic (exact) mass is 360 g/mol. The van der Waals surface area contributed by atoms with Gasteiger partial charge in [0, 0.05) is 12.0 Å². The van der Waals surface area contributed by atoms with Gasteiger partial charge in [0.05, 0.1) is 6.61 Å². The predicted octanol–water partition coefficient (Wildman–Crippen LogP) is 5.79. The molecule has 1 saturated carbocycles. The number of fused-ring (bicyclic) bond motifs is 1. The smallest absolute Gasteiger partial charge is 0.333 e. The lowest BCUT2D eigenvalue weighted by molar-refractivity contribution is -0.139. The van der Waals surface area contributed by atoms with Crippen molar-refractivity contribution in [1.82, 2.24) is 0 Å². The van der Waals surface area contributed by atoms with Gasteiger partial charge < -0.3 is 4.74 Å². The van der Waals surface area contributed by atoms with E-state index >= 15 is 0 Å². The van der Waals surface area contributed by atoms with E-state index in [0.29, 0.717) is 30.4 Å². The average Bonchev–Trinajstić information content (AvgIpc) is 2.80. The molecule has 0 aromatic heterocycles. The first-order valence-electron chi connectivity index (χ1n) is 10.5. The maximum atomic E-state index is 12.4. The number of unbranched alkanes of at least 4 members (excludes halogenated alkanes) is 5. The third-order valence-electron chi connectivity index (χ3n) is 6.36. The fraction of sp³-hybridized carbons (Fsp3) is 0.739. The van der Waals surface area contributed by atoms with Crippen LogP contribution in [0.15, 0.2) is 23.3 Å². The third-order valence-corrected chi connectivity index (χ3v) is 6.36. The number of carbonyl (C=O) groups is 2. The van der Waals surface area contributed by atoms with Crippen LogP contribution in [-0.4, -0.2) is 18.4 Å². The van der Waals surface area contributed by atoms with Crippen LogP contribution in [0.25, 0.3) is 0 Å². The summed E-state index contributed by atoms with van der Waals surface area (Å²) in [5, 5.41) is 0. The highest BCUT2D eigenvalue weighted by Crippen LogP contribution is 2.45. The molecule has 0 radical (unpaired) electrons. The van der Waals surface area contributed by atoms with Gasteiger partial charge in [-0.15, -0.1) is 0 Å². The summed E-state index contributed by atoms with van der Waals surface area (Å²) < 4.78 is 5.47. The van der Waals surface area contributed by atoms with Crippen molar-refractivity contribution in [3.8, 4) is 0 Å². The number of allylic oxidation sites excluding steroid dienone is 2. The van der Waals surface area contributed by atoms with Gasteiger partial charge in [0.1, 0.15) is 0 Å². The van der Waals surface area contributed by atoms with Crippen molar-refractivity contribution in [3.05, 3.63) is 23.3 Å². The second kappa shape index (κ2) is 10.1. The van der Waals surface area contributed by atoms with E-state index in [9.17, 15) is 9.59 Å². The summed E-state index contributed by atoms with van der Waals surface area (Å²) in [5.41, 5.74) is 2.81. The highest BCUT2D eigenvalue weighted by molar-refractivity contribution is 5.98. The SMILES string of the molecule is C=C(C(=O)OCCCCCCCC)[C@H]1CCC(C)C2CC(=O)C(C)=C2C1. The molecule has 0 aromatic carbocycles. The Morgan fingerprint density at radius 1 is 1.12 bits per heavy atom. The molecule has 146 valence electrons. The summed E-state index contributed by atoms with van der Waals surface area (Å²) in [6.45, 7) is 11.0. The summed E-state index contributed by atoms with van der Waals surface area (Å²) in [5.74, 6) is 1.05. The molecule has 1 fully saturated rings. The molecule has 3 heteroatoms. The first kappa shape index (κ1) is 20.9. The zero-order chi connectivity index (χ0) is 19.1. The lowest BCUT2D eigenvalue weighted by Crippen LogP contribution is -2.16. The molecule has 0 aromatic rings. The van der Waals surface area contributed by atoms with Gasteiger partial charge >= 0.3 is 5.97 Å². The number of ketones is 1. The van der Waals surface area contributed by atoms with Crippen molar-refractivity contribution in [2.45, 2.75) is 85.0 Å². The van der Waals surface area contributed by atoms with E-state index in [1.165, 1.54) is 31.3 Å². The van der Waals surface area contributed by atoms with Crippen molar-refractivity contribution >= 4 is 11.8 Å². The molecule has 0 N–H and O–H groups in total. The molecule has 2 aliphatic carbocycles. The number of esters is 1. The Hall–Kier alpha value is -1.38. The van der Waals surface area contributed by atoms with Gasteiger partial charge in [0.15, 0.2) is 5.78 Å². The van der Waals surface area contributed by atoms with Gasteiger partial charge in [0.25, 0.3) is 0 Å². The highest BCUT2D eigenvalue weighted by Gasteiger charge is 2.38. The van der Waals surface area contributed by atoms with E-state index in [0.717, 1.165) is 37.7 Å². The Morgan fingerprint density at radius 2 is 1.81 bits per heavy atom. The minimum Gasteiger partial charge on any atom is -0.462 e. The van der Waals surface area contributed by atoms with Crippen LogP contribution >= 0.6 is 0 Å².